The molecule has 2 aliphatic rings. The van der Waals surface area contributed by atoms with Crippen molar-refractivity contribution >= 4 is 17.4 Å². The van der Waals surface area contributed by atoms with Gasteiger partial charge in [0, 0.05) is 11.4 Å². The van der Waals surface area contributed by atoms with E-state index in [0.717, 1.165) is 42.9 Å². The van der Waals surface area contributed by atoms with Crippen LogP contribution in [0.4, 0.5) is 0 Å². The lowest BCUT2D eigenvalue weighted by Gasteiger charge is -2.47. The van der Waals surface area contributed by atoms with Gasteiger partial charge in [0.15, 0.2) is 5.78 Å². The summed E-state index contributed by atoms with van der Waals surface area (Å²) in [6.45, 7) is 2.05. The molecule has 2 fully saturated rings. The first-order valence-electron chi connectivity index (χ1n) is 7.78. The monoisotopic (exact) mass is 291 g/mol. The topological polar surface area (TPSA) is 20.3 Å². The second kappa shape index (κ2) is 5.87. The summed E-state index contributed by atoms with van der Waals surface area (Å²) in [7, 11) is 0. The van der Waals surface area contributed by atoms with E-state index >= 15 is 0 Å². The molecule has 1 heterocycles. The van der Waals surface area contributed by atoms with Crippen LogP contribution < -0.4 is 0 Å². The zero-order chi connectivity index (χ0) is 14.0. The standard InChI is InChI=1S/C17H22ClNO/c18-15-9-3-2-8-14(15)17(11-5-4-10-16(17)20)19-12-6-1-7-13-19/h2-3,8-9H,1,4-7,10-13H2. The van der Waals surface area contributed by atoms with Gasteiger partial charge in [0.05, 0.1) is 0 Å². The highest BCUT2D eigenvalue weighted by molar-refractivity contribution is 6.31. The van der Waals surface area contributed by atoms with Crippen LogP contribution in [0.15, 0.2) is 24.3 Å². The summed E-state index contributed by atoms with van der Waals surface area (Å²) in [6, 6.07) is 7.93. The third-order valence-corrected chi connectivity index (χ3v) is 5.20. The van der Waals surface area contributed by atoms with E-state index in [1.54, 1.807) is 0 Å². The third kappa shape index (κ3) is 2.29. The number of nitrogens with zero attached hydrogens (tertiary/aromatic N) is 1. The molecule has 3 rings (SSSR count). The van der Waals surface area contributed by atoms with Crippen LogP contribution in [-0.4, -0.2) is 23.8 Å². The van der Waals surface area contributed by atoms with Crippen molar-refractivity contribution in [2.45, 2.75) is 50.5 Å². The quantitative estimate of drug-likeness (QED) is 0.815. The molecule has 1 atom stereocenters. The van der Waals surface area contributed by atoms with Gasteiger partial charge in [-0.1, -0.05) is 42.6 Å². The van der Waals surface area contributed by atoms with Gasteiger partial charge in [-0.3, -0.25) is 9.69 Å². The Balaban J connectivity index is 2.07. The lowest BCUT2D eigenvalue weighted by molar-refractivity contribution is -0.136. The van der Waals surface area contributed by atoms with E-state index in [0.29, 0.717) is 12.2 Å². The Morgan fingerprint density at radius 2 is 1.75 bits per heavy atom. The number of ketones is 1. The summed E-state index contributed by atoms with van der Waals surface area (Å²) in [4.78, 5) is 15.3. The second-order valence-corrected chi connectivity index (χ2v) is 6.43. The van der Waals surface area contributed by atoms with Crippen LogP contribution in [0.2, 0.25) is 5.02 Å². The Bertz CT molecular complexity index is 496. The fourth-order valence-corrected chi connectivity index (χ4v) is 4.17. The zero-order valence-corrected chi connectivity index (χ0v) is 12.7. The van der Waals surface area contributed by atoms with Crippen molar-refractivity contribution in [1.29, 1.82) is 0 Å². The zero-order valence-electron chi connectivity index (χ0n) is 11.9. The van der Waals surface area contributed by atoms with Crippen molar-refractivity contribution in [3.05, 3.63) is 34.9 Å². The number of hydrogen-bond donors (Lipinski definition) is 0. The number of piperidine rings is 1. The first-order chi connectivity index (χ1) is 9.75. The molecule has 0 spiro atoms. The minimum atomic E-state index is -0.447. The summed E-state index contributed by atoms with van der Waals surface area (Å²) >= 11 is 6.45. The Morgan fingerprint density at radius 1 is 1.00 bits per heavy atom. The van der Waals surface area contributed by atoms with Crippen LogP contribution in [-0.2, 0) is 10.3 Å². The fraction of sp³-hybridized carbons (Fsp3) is 0.588. The number of rotatable bonds is 2. The van der Waals surface area contributed by atoms with Gasteiger partial charge in [-0.15, -0.1) is 0 Å². The smallest absolute Gasteiger partial charge is 0.157 e. The van der Waals surface area contributed by atoms with E-state index in [4.69, 9.17) is 11.6 Å². The van der Waals surface area contributed by atoms with Gasteiger partial charge in [-0.2, -0.15) is 0 Å². The minimum absolute atomic E-state index is 0.374. The van der Waals surface area contributed by atoms with Gasteiger partial charge in [0.1, 0.15) is 5.54 Å². The molecule has 1 saturated carbocycles. The summed E-state index contributed by atoms with van der Waals surface area (Å²) < 4.78 is 0. The molecule has 20 heavy (non-hydrogen) atoms. The maximum atomic E-state index is 12.9. The molecule has 0 radical (unpaired) electrons. The summed E-state index contributed by atoms with van der Waals surface area (Å²) in [6.07, 6.45) is 7.44. The highest BCUT2D eigenvalue weighted by atomic mass is 35.5. The van der Waals surface area contributed by atoms with Crippen molar-refractivity contribution in [2.24, 2.45) is 0 Å². The fourth-order valence-electron chi connectivity index (χ4n) is 3.87. The highest BCUT2D eigenvalue weighted by Crippen LogP contribution is 2.43. The van der Waals surface area contributed by atoms with Crippen LogP contribution in [0.3, 0.4) is 0 Å². The summed E-state index contributed by atoms with van der Waals surface area (Å²) in [5, 5.41) is 0.744. The molecule has 0 aromatic heterocycles. The normalized spacial score (nSPS) is 28.6. The Morgan fingerprint density at radius 3 is 2.45 bits per heavy atom. The molecular weight excluding hydrogens is 270 g/mol. The Kier molecular flexibility index (Phi) is 4.13. The molecule has 1 aliphatic carbocycles. The predicted molar refractivity (Wildman–Crippen MR) is 82.0 cm³/mol. The van der Waals surface area contributed by atoms with Crippen LogP contribution in [0.25, 0.3) is 0 Å². The molecule has 1 saturated heterocycles. The Labute approximate surface area is 126 Å². The summed E-state index contributed by atoms with van der Waals surface area (Å²) in [5.74, 6) is 0.374. The number of Topliss-reactive ketones (excluding diaryl/α,β-unsaturated/α-hetero) is 1. The largest absolute Gasteiger partial charge is 0.297 e. The average molecular weight is 292 g/mol. The van der Waals surface area contributed by atoms with Crippen LogP contribution in [0.5, 0.6) is 0 Å². The SMILES string of the molecule is O=C1CCCCC1(c1ccccc1Cl)N1CCCCC1. The first-order valence-corrected chi connectivity index (χ1v) is 8.16. The van der Waals surface area contributed by atoms with E-state index in [1.165, 1.54) is 19.3 Å². The van der Waals surface area contributed by atoms with Crippen LogP contribution >= 0.6 is 11.6 Å². The molecule has 0 N–H and O–H groups in total. The van der Waals surface area contributed by atoms with Gasteiger partial charge in [0.2, 0.25) is 0 Å². The molecule has 1 aromatic carbocycles. The van der Waals surface area contributed by atoms with Crippen LogP contribution in [0.1, 0.15) is 50.5 Å². The van der Waals surface area contributed by atoms with Gasteiger partial charge in [-0.05, 0) is 50.4 Å². The van der Waals surface area contributed by atoms with E-state index in [2.05, 4.69) is 11.0 Å². The second-order valence-electron chi connectivity index (χ2n) is 6.02. The highest BCUT2D eigenvalue weighted by Gasteiger charge is 2.47. The summed E-state index contributed by atoms with van der Waals surface area (Å²) in [5.41, 5.74) is 0.588. The van der Waals surface area contributed by atoms with Gasteiger partial charge in [0.25, 0.3) is 0 Å². The van der Waals surface area contributed by atoms with E-state index in [-0.39, 0.29) is 0 Å². The van der Waals surface area contributed by atoms with Crippen LogP contribution in [0, 0.1) is 0 Å². The molecule has 3 heteroatoms. The molecule has 1 aromatic rings. The van der Waals surface area contributed by atoms with Crippen molar-refractivity contribution in [3.63, 3.8) is 0 Å². The van der Waals surface area contributed by atoms with Crippen molar-refractivity contribution < 1.29 is 4.79 Å². The van der Waals surface area contributed by atoms with E-state index in [1.807, 2.05) is 18.2 Å². The van der Waals surface area contributed by atoms with Gasteiger partial charge >= 0.3 is 0 Å². The molecule has 0 amide bonds. The number of benzene rings is 1. The van der Waals surface area contributed by atoms with E-state index < -0.39 is 5.54 Å². The molecule has 1 aliphatic heterocycles. The molecular formula is C17H22ClNO. The number of carbonyl (C=O) groups is 1. The molecule has 0 bridgehead atoms. The van der Waals surface area contributed by atoms with Gasteiger partial charge < -0.3 is 0 Å². The maximum Gasteiger partial charge on any atom is 0.157 e. The first kappa shape index (κ1) is 14.1. The molecule has 2 nitrogen and oxygen atoms in total. The number of likely N-dealkylation sites (tertiary alicyclic amines) is 1. The average Bonchev–Trinajstić information content (AvgIpc) is 2.50. The minimum Gasteiger partial charge on any atom is -0.297 e. The number of carbonyl (C=O) groups excluding carboxylic acids is 1. The maximum absolute atomic E-state index is 12.9. The Hall–Kier alpha value is -0.860. The third-order valence-electron chi connectivity index (χ3n) is 4.87. The lowest BCUT2D eigenvalue weighted by Crippen LogP contribution is -2.55. The van der Waals surface area contributed by atoms with Crippen molar-refractivity contribution in [3.8, 4) is 0 Å². The van der Waals surface area contributed by atoms with Gasteiger partial charge in [-0.25, -0.2) is 0 Å². The van der Waals surface area contributed by atoms with Crippen molar-refractivity contribution in [1.82, 2.24) is 4.90 Å². The molecule has 108 valence electrons. The number of hydrogen-bond acceptors (Lipinski definition) is 2. The van der Waals surface area contributed by atoms with Crippen molar-refractivity contribution in [2.75, 3.05) is 13.1 Å². The molecule has 1 unspecified atom stereocenters. The lowest BCUT2D eigenvalue weighted by atomic mass is 9.73. The van der Waals surface area contributed by atoms with E-state index in [9.17, 15) is 4.79 Å². The predicted octanol–water partition coefficient (Wildman–Crippen LogP) is 4.16. The number of halogens is 1.